The first-order valence-corrected chi connectivity index (χ1v) is 10.8. The molecule has 0 radical (unpaired) electrons. The Labute approximate surface area is 181 Å². The van der Waals surface area contributed by atoms with Crippen LogP contribution in [0.3, 0.4) is 0 Å². The topological polar surface area (TPSA) is 31.4 Å². The van der Waals surface area contributed by atoms with Gasteiger partial charge in [-0.3, -0.25) is 4.98 Å². The molecule has 0 atom stereocenters. The maximum absolute atomic E-state index is 13.6. The second kappa shape index (κ2) is 9.43. The van der Waals surface area contributed by atoms with E-state index in [1.54, 1.807) is 12.1 Å². The van der Waals surface area contributed by atoms with Crippen molar-refractivity contribution >= 4 is 35.0 Å². The number of hydrogen-bond donors (Lipinski definition) is 1. The van der Waals surface area contributed by atoms with E-state index in [1.165, 1.54) is 6.20 Å². The van der Waals surface area contributed by atoms with Gasteiger partial charge in [-0.25, -0.2) is 4.39 Å². The summed E-state index contributed by atoms with van der Waals surface area (Å²) < 4.78 is 13.6. The monoisotopic (exact) mass is 434 g/mol. The van der Waals surface area contributed by atoms with Gasteiger partial charge >= 0.3 is 0 Å². The molecular formula is C22H25Cl2FN4. The van der Waals surface area contributed by atoms with Gasteiger partial charge in [0.15, 0.2) is 0 Å². The Hall–Kier alpha value is -1.66. The van der Waals surface area contributed by atoms with E-state index in [0.29, 0.717) is 16.1 Å². The lowest BCUT2D eigenvalue weighted by atomic mass is 10.0. The molecule has 1 fully saturated rings. The van der Waals surface area contributed by atoms with Gasteiger partial charge in [0.25, 0.3) is 0 Å². The predicted octanol–water partition coefficient (Wildman–Crippen LogP) is 4.61. The summed E-state index contributed by atoms with van der Waals surface area (Å²) in [5.74, 6) is -0.281. The van der Waals surface area contributed by atoms with Gasteiger partial charge in [-0.05, 0) is 55.8 Å². The van der Waals surface area contributed by atoms with Gasteiger partial charge in [0.2, 0.25) is 0 Å². The summed E-state index contributed by atoms with van der Waals surface area (Å²) in [6.45, 7) is 5.55. The lowest BCUT2D eigenvalue weighted by molar-refractivity contribution is 0.201. The number of benzene rings is 1. The summed E-state index contributed by atoms with van der Waals surface area (Å²) >= 11 is 12.2. The molecule has 0 bridgehead atoms. The van der Waals surface area contributed by atoms with Gasteiger partial charge in [-0.15, -0.1) is 0 Å². The van der Waals surface area contributed by atoms with Gasteiger partial charge in [-0.2, -0.15) is 0 Å². The fourth-order valence-corrected chi connectivity index (χ4v) is 4.59. The minimum Gasteiger partial charge on any atom is -0.365 e. The summed E-state index contributed by atoms with van der Waals surface area (Å²) in [5, 5.41) is 4.97. The van der Waals surface area contributed by atoms with E-state index in [4.69, 9.17) is 23.2 Å². The summed E-state index contributed by atoms with van der Waals surface area (Å²) in [6.07, 6.45) is 7.56. The van der Waals surface area contributed by atoms with Crippen molar-refractivity contribution in [3.63, 3.8) is 0 Å². The average molecular weight is 435 g/mol. The maximum atomic E-state index is 13.6. The first-order valence-electron chi connectivity index (χ1n) is 10.0. The van der Waals surface area contributed by atoms with Crippen LogP contribution in [0.4, 0.5) is 10.1 Å². The molecule has 4 nitrogen and oxygen atoms in total. The fourth-order valence-electron chi connectivity index (χ4n) is 4.02. The molecule has 3 heterocycles. The van der Waals surface area contributed by atoms with Crippen molar-refractivity contribution in [1.29, 1.82) is 0 Å². The lowest BCUT2D eigenvalue weighted by Gasteiger charge is -2.35. The van der Waals surface area contributed by atoms with E-state index in [0.717, 1.165) is 69.1 Å². The second-order valence-corrected chi connectivity index (χ2v) is 8.55. The van der Waals surface area contributed by atoms with Gasteiger partial charge in [-0.1, -0.05) is 29.3 Å². The number of halogens is 3. The highest BCUT2D eigenvalue weighted by atomic mass is 35.5. The van der Waals surface area contributed by atoms with Crippen LogP contribution in [0.25, 0.3) is 6.08 Å². The number of nitrogens with one attached hydrogen (secondary N) is 1. The van der Waals surface area contributed by atoms with Crippen molar-refractivity contribution in [2.45, 2.75) is 25.4 Å². The zero-order valence-corrected chi connectivity index (χ0v) is 17.8. The maximum Gasteiger partial charge on any atom is 0.143 e. The summed E-state index contributed by atoms with van der Waals surface area (Å²) in [5.41, 5.74) is 2.86. The standard InChI is InChI=1S/C22H25Cl2FN4/c23-17-10-16(11-18(24)12-17)14-26-20-3-6-28(7-4-20)8-9-29-5-1-2-21-22(29)13-19(25)15-27-21/h1-2,10-13,15,20,26H,3-9,14H2. The zero-order valence-electron chi connectivity index (χ0n) is 16.3. The van der Waals surface area contributed by atoms with Crippen LogP contribution in [0.2, 0.25) is 10.0 Å². The normalized spacial score (nSPS) is 17.6. The molecule has 1 aromatic carbocycles. The van der Waals surface area contributed by atoms with Crippen molar-refractivity contribution in [3.05, 3.63) is 63.7 Å². The third-order valence-corrected chi connectivity index (χ3v) is 6.03. The molecule has 0 unspecified atom stereocenters. The van der Waals surface area contributed by atoms with Crippen LogP contribution >= 0.6 is 23.2 Å². The number of anilines is 1. The molecule has 0 aliphatic carbocycles. The fraction of sp³-hybridized carbons (Fsp3) is 0.409. The summed E-state index contributed by atoms with van der Waals surface area (Å²) in [7, 11) is 0. The van der Waals surface area contributed by atoms with Crippen LogP contribution < -0.4 is 10.2 Å². The molecule has 29 heavy (non-hydrogen) atoms. The number of pyridine rings is 1. The molecule has 0 spiro atoms. The number of fused-ring (bicyclic) bond motifs is 1. The van der Waals surface area contributed by atoms with E-state index < -0.39 is 0 Å². The van der Waals surface area contributed by atoms with Crippen LogP contribution in [-0.2, 0) is 6.54 Å². The Balaban J connectivity index is 1.23. The first kappa shape index (κ1) is 20.6. The predicted molar refractivity (Wildman–Crippen MR) is 118 cm³/mol. The van der Waals surface area contributed by atoms with E-state index in [-0.39, 0.29) is 5.82 Å². The number of piperidine rings is 1. The first-order chi connectivity index (χ1) is 14.1. The molecule has 1 aromatic heterocycles. The highest BCUT2D eigenvalue weighted by Crippen LogP contribution is 2.25. The Morgan fingerprint density at radius 2 is 1.83 bits per heavy atom. The molecule has 2 aromatic rings. The Bertz CT molecular complexity index is 861. The van der Waals surface area contributed by atoms with Gasteiger partial charge in [0.1, 0.15) is 5.82 Å². The minimum atomic E-state index is -0.281. The average Bonchev–Trinajstić information content (AvgIpc) is 2.71. The molecule has 154 valence electrons. The number of rotatable bonds is 6. The molecule has 1 saturated heterocycles. The van der Waals surface area contributed by atoms with E-state index >= 15 is 0 Å². The Morgan fingerprint density at radius 3 is 2.59 bits per heavy atom. The highest BCUT2D eigenvalue weighted by Gasteiger charge is 2.21. The molecule has 2 aliphatic heterocycles. The third-order valence-electron chi connectivity index (χ3n) is 5.60. The van der Waals surface area contributed by atoms with E-state index in [2.05, 4.69) is 26.2 Å². The highest BCUT2D eigenvalue weighted by molar-refractivity contribution is 6.34. The van der Waals surface area contributed by atoms with Crippen LogP contribution in [0, 0.1) is 5.82 Å². The molecular weight excluding hydrogens is 410 g/mol. The summed E-state index contributed by atoms with van der Waals surface area (Å²) in [6, 6.07) is 7.76. The van der Waals surface area contributed by atoms with Crippen molar-refractivity contribution in [3.8, 4) is 0 Å². The van der Waals surface area contributed by atoms with Crippen molar-refractivity contribution in [1.82, 2.24) is 15.2 Å². The minimum absolute atomic E-state index is 0.281. The summed E-state index contributed by atoms with van der Waals surface area (Å²) in [4.78, 5) is 8.88. The van der Waals surface area contributed by atoms with Crippen molar-refractivity contribution in [2.75, 3.05) is 37.6 Å². The molecule has 0 amide bonds. The van der Waals surface area contributed by atoms with Crippen molar-refractivity contribution < 1.29 is 4.39 Å². The zero-order chi connectivity index (χ0) is 20.2. The van der Waals surface area contributed by atoms with Gasteiger partial charge < -0.3 is 15.1 Å². The molecule has 0 saturated carbocycles. The van der Waals surface area contributed by atoms with Gasteiger partial charge in [0.05, 0.1) is 17.6 Å². The lowest BCUT2D eigenvalue weighted by Crippen LogP contribution is -2.45. The Kier molecular flexibility index (Phi) is 6.70. The number of likely N-dealkylation sites (tertiary alicyclic amines) is 1. The largest absolute Gasteiger partial charge is 0.365 e. The third kappa shape index (κ3) is 5.48. The second-order valence-electron chi connectivity index (χ2n) is 7.68. The van der Waals surface area contributed by atoms with E-state index in [1.807, 2.05) is 18.2 Å². The Morgan fingerprint density at radius 1 is 1.07 bits per heavy atom. The van der Waals surface area contributed by atoms with Crippen LogP contribution in [0.1, 0.15) is 24.1 Å². The smallest absolute Gasteiger partial charge is 0.143 e. The number of nitrogens with zero attached hydrogens (tertiary/aromatic N) is 3. The van der Waals surface area contributed by atoms with Crippen molar-refractivity contribution in [2.24, 2.45) is 0 Å². The quantitative estimate of drug-likeness (QED) is 0.718. The molecule has 1 N–H and O–H groups in total. The van der Waals surface area contributed by atoms with Crippen LogP contribution in [0.5, 0.6) is 0 Å². The molecule has 4 rings (SSSR count). The van der Waals surface area contributed by atoms with Crippen LogP contribution in [0.15, 0.2) is 36.5 Å². The molecule has 7 heteroatoms. The molecule has 2 aliphatic rings. The SMILES string of the molecule is Fc1cnc2c(c1)N(CCN1CCC(NCc3cc(Cl)cc(Cl)c3)CC1)CC=C2. The van der Waals surface area contributed by atoms with Crippen LogP contribution in [-0.4, -0.2) is 48.6 Å². The number of aromatic nitrogens is 1. The van der Waals surface area contributed by atoms with E-state index in [9.17, 15) is 4.39 Å². The number of hydrogen-bond acceptors (Lipinski definition) is 4. The van der Waals surface area contributed by atoms with Gasteiger partial charge in [0, 0.05) is 48.3 Å².